The molecule has 0 saturated heterocycles. The van der Waals surface area contributed by atoms with Gasteiger partial charge in [0.05, 0.1) is 31.6 Å². The average Bonchev–Trinajstić information content (AvgIpc) is 3.12. The summed E-state index contributed by atoms with van der Waals surface area (Å²) < 4.78 is 8.14. The van der Waals surface area contributed by atoms with Gasteiger partial charge < -0.3 is 15.4 Å². The van der Waals surface area contributed by atoms with E-state index >= 15 is 0 Å². The zero-order chi connectivity index (χ0) is 19.0. The van der Waals surface area contributed by atoms with Gasteiger partial charge in [-0.05, 0) is 26.3 Å². The number of aromatic nitrogens is 2. The molecule has 142 valence electrons. The number of aryl methyl sites for hydroxylation is 1. The molecule has 0 bridgehead atoms. The Balaban J connectivity index is 2.21. The number of fused-ring (bicyclic) bond motifs is 1. The van der Waals surface area contributed by atoms with Crippen LogP contribution in [0.3, 0.4) is 0 Å². The van der Waals surface area contributed by atoms with Crippen LogP contribution in [0.1, 0.15) is 30.3 Å². The Morgan fingerprint density at radius 1 is 1.35 bits per heavy atom. The summed E-state index contributed by atoms with van der Waals surface area (Å²) in [6.07, 6.45) is 0. The second-order valence-electron chi connectivity index (χ2n) is 6.69. The van der Waals surface area contributed by atoms with Crippen LogP contribution in [-0.4, -0.2) is 46.8 Å². The van der Waals surface area contributed by atoms with Crippen LogP contribution < -0.4 is 17.0 Å². The largest absolute Gasteiger partial charge is 0.383 e. The smallest absolute Gasteiger partial charge is 0.332 e. The number of methoxy groups -OCH3 is 1. The van der Waals surface area contributed by atoms with E-state index in [0.717, 1.165) is 17.0 Å². The number of thiophene rings is 1. The molecule has 2 aromatic heterocycles. The average molecular weight is 379 g/mol. The van der Waals surface area contributed by atoms with Gasteiger partial charge in [0.25, 0.3) is 5.56 Å². The van der Waals surface area contributed by atoms with Crippen molar-refractivity contribution in [1.82, 2.24) is 14.0 Å². The molecule has 0 aromatic carbocycles. The minimum Gasteiger partial charge on any atom is -0.383 e. The molecule has 0 fully saturated rings. The zero-order valence-electron chi connectivity index (χ0n) is 15.6. The van der Waals surface area contributed by atoms with Crippen molar-refractivity contribution in [2.45, 2.75) is 39.9 Å². The van der Waals surface area contributed by atoms with Crippen molar-refractivity contribution < 1.29 is 4.74 Å². The van der Waals surface area contributed by atoms with E-state index in [1.54, 1.807) is 11.7 Å². The van der Waals surface area contributed by atoms with Gasteiger partial charge in [-0.15, -0.1) is 11.3 Å². The highest BCUT2D eigenvalue weighted by molar-refractivity contribution is 7.18. The minimum atomic E-state index is -0.287. The van der Waals surface area contributed by atoms with Crippen LogP contribution in [0.25, 0.3) is 10.2 Å². The Bertz CT molecular complexity index is 969. The Morgan fingerprint density at radius 3 is 2.65 bits per heavy atom. The zero-order valence-corrected chi connectivity index (χ0v) is 16.4. The lowest BCUT2D eigenvalue weighted by atomic mass is 10.2. The van der Waals surface area contributed by atoms with Crippen LogP contribution in [-0.2, 0) is 17.8 Å². The second-order valence-corrected chi connectivity index (χ2v) is 7.77. The molecule has 1 aliphatic rings. The van der Waals surface area contributed by atoms with Crippen LogP contribution in [0.4, 0.5) is 0 Å². The van der Waals surface area contributed by atoms with E-state index < -0.39 is 0 Å². The molecule has 26 heavy (non-hydrogen) atoms. The number of aliphatic imine (C=N–C) groups is 1. The lowest BCUT2D eigenvalue weighted by Gasteiger charge is -2.16. The minimum absolute atomic E-state index is 0.211. The number of nitrogens with zero attached hydrogens (tertiary/aromatic N) is 4. The standard InChI is InChI=1S/C17H25N5O3S/c1-10(2)22-14(23)13-11(3)12(9-20-6-5-19-16(20)18)26-15(13)21(17(22)24)7-8-25-4/h10H,5-9H2,1-4H3,(H2,18,19). The molecule has 3 heterocycles. The molecule has 0 unspecified atom stereocenters. The van der Waals surface area contributed by atoms with Gasteiger partial charge in [0.1, 0.15) is 4.83 Å². The second kappa shape index (κ2) is 7.24. The Hall–Kier alpha value is -2.13. The van der Waals surface area contributed by atoms with E-state index in [4.69, 9.17) is 10.5 Å². The molecule has 0 aliphatic carbocycles. The quantitative estimate of drug-likeness (QED) is 0.804. The third kappa shape index (κ3) is 3.05. The van der Waals surface area contributed by atoms with Crippen LogP contribution in [0.2, 0.25) is 0 Å². The molecule has 2 N–H and O–H groups in total. The van der Waals surface area contributed by atoms with E-state index in [-0.39, 0.29) is 17.3 Å². The van der Waals surface area contributed by atoms with E-state index in [1.165, 1.54) is 15.9 Å². The first-order valence-electron chi connectivity index (χ1n) is 8.68. The molecule has 0 amide bonds. The molecule has 2 aromatic rings. The SMILES string of the molecule is COCCn1c(=O)n(C(C)C)c(=O)c2c(C)c(CN3CCN=C3N)sc21. The number of hydrogen-bond donors (Lipinski definition) is 1. The molecule has 1 aliphatic heterocycles. The Labute approximate surface area is 155 Å². The van der Waals surface area contributed by atoms with Gasteiger partial charge in [-0.25, -0.2) is 4.79 Å². The van der Waals surface area contributed by atoms with Crippen molar-refractivity contribution in [2.24, 2.45) is 10.7 Å². The summed E-state index contributed by atoms with van der Waals surface area (Å²) in [5.74, 6) is 0.526. The lowest BCUT2D eigenvalue weighted by Crippen LogP contribution is -2.41. The fraction of sp³-hybridized carbons (Fsp3) is 0.588. The van der Waals surface area contributed by atoms with Gasteiger partial charge in [-0.1, -0.05) is 0 Å². The first kappa shape index (κ1) is 18.7. The lowest BCUT2D eigenvalue weighted by molar-refractivity contribution is 0.186. The van der Waals surface area contributed by atoms with E-state index in [9.17, 15) is 9.59 Å². The van der Waals surface area contributed by atoms with Gasteiger partial charge in [0.15, 0.2) is 5.96 Å². The topological polar surface area (TPSA) is 94.8 Å². The predicted octanol–water partition coefficient (Wildman–Crippen LogP) is 0.891. The van der Waals surface area contributed by atoms with Gasteiger partial charge in [-0.2, -0.15) is 0 Å². The van der Waals surface area contributed by atoms with E-state index in [2.05, 4.69) is 4.99 Å². The highest BCUT2D eigenvalue weighted by Crippen LogP contribution is 2.29. The van der Waals surface area contributed by atoms with E-state index in [0.29, 0.717) is 42.4 Å². The maximum absolute atomic E-state index is 13.0. The fourth-order valence-corrected chi connectivity index (χ4v) is 4.56. The van der Waals surface area contributed by atoms with Crippen molar-refractivity contribution in [1.29, 1.82) is 0 Å². The monoisotopic (exact) mass is 379 g/mol. The van der Waals surface area contributed by atoms with Gasteiger partial charge in [-0.3, -0.25) is 18.9 Å². The summed E-state index contributed by atoms with van der Waals surface area (Å²) in [5, 5.41) is 0.615. The van der Waals surface area contributed by atoms with E-state index in [1.807, 2.05) is 25.7 Å². The number of guanidine groups is 1. The van der Waals surface area contributed by atoms with Crippen molar-refractivity contribution in [2.75, 3.05) is 26.8 Å². The van der Waals surface area contributed by atoms with Crippen LogP contribution in [0, 0.1) is 6.92 Å². The van der Waals surface area contributed by atoms with Crippen LogP contribution >= 0.6 is 11.3 Å². The Kier molecular flexibility index (Phi) is 5.19. The maximum Gasteiger partial charge on any atom is 0.332 e. The number of ether oxygens (including phenoxy) is 1. The first-order valence-corrected chi connectivity index (χ1v) is 9.49. The van der Waals surface area contributed by atoms with Crippen molar-refractivity contribution >= 4 is 27.5 Å². The summed E-state index contributed by atoms with van der Waals surface area (Å²) in [5.41, 5.74) is 6.33. The summed E-state index contributed by atoms with van der Waals surface area (Å²) in [6.45, 7) is 8.50. The molecule has 0 radical (unpaired) electrons. The van der Waals surface area contributed by atoms with Gasteiger partial charge in [0, 0.05) is 24.6 Å². The summed E-state index contributed by atoms with van der Waals surface area (Å²) in [6, 6.07) is -0.211. The van der Waals surface area contributed by atoms with Crippen LogP contribution in [0.5, 0.6) is 0 Å². The normalized spacial score (nSPS) is 14.7. The molecule has 8 nitrogen and oxygen atoms in total. The Morgan fingerprint density at radius 2 is 2.08 bits per heavy atom. The molecule has 0 atom stereocenters. The highest BCUT2D eigenvalue weighted by atomic mass is 32.1. The predicted molar refractivity (Wildman–Crippen MR) is 104 cm³/mol. The summed E-state index contributed by atoms with van der Waals surface area (Å²) >= 11 is 1.48. The summed E-state index contributed by atoms with van der Waals surface area (Å²) in [7, 11) is 1.60. The van der Waals surface area contributed by atoms with Gasteiger partial charge >= 0.3 is 5.69 Å². The molecule has 3 rings (SSSR count). The number of hydrogen-bond acceptors (Lipinski definition) is 7. The molecule has 9 heteroatoms. The molecular formula is C17H25N5O3S. The van der Waals surface area contributed by atoms with Gasteiger partial charge in [0.2, 0.25) is 0 Å². The first-order chi connectivity index (χ1) is 12.4. The van der Waals surface area contributed by atoms with Crippen molar-refractivity contribution in [3.8, 4) is 0 Å². The summed E-state index contributed by atoms with van der Waals surface area (Å²) in [4.78, 5) is 33.9. The fourth-order valence-electron chi connectivity index (χ4n) is 3.23. The number of rotatable bonds is 6. The third-order valence-electron chi connectivity index (χ3n) is 4.68. The number of nitrogens with two attached hydrogens (primary N) is 1. The van der Waals surface area contributed by atoms with Crippen molar-refractivity contribution in [3.63, 3.8) is 0 Å². The molecular weight excluding hydrogens is 354 g/mol. The molecule has 0 spiro atoms. The van der Waals surface area contributed by atoms with Crippen molar-refractivity contribution in [3.05, 3.63) is 31.3 Å². The van der Waals surface area contributed by atoms with Crippen LogP contribution in [0.15, 0.2) is 14.6 Å². The molecule has 0 saturated carbocycles. The maximum atomic E-state index is 13.0. The third-order valence-corrected chi connectivity index (χ3v) is 5.98. The highest BCUT2D eigenvalue weighted by Gasteiger charge is 2.23.